The van der Waals surface area contributed by atoms with Crippen LogP contribution in [0.2, 0.25) is 0 Å². The van der Waals surface area contributed by atoms with Crippen LogP contribution >= 0.6 is 0 Å². The maximum atomic E-state index is 11.6. The summed E-state index contributed by atoms with van der Waals surface area (Å²) in [5.41, 5.74) is 5.27. The number of amides is 1. The molecule has 6 heteroatoms. The Morgan fingerprint density at radius 2 is 2.08 bits per heavy atom. The van der Waals surface area contributed by atoms with Crippen molar-refractivity contribution >= 4 is 5.91 Å². The molecule has 0 bridgehead atoms. The Kier molecular flexibility index (Phi) is 4.76. The van der Waals surface area contributed by atoms with Crippen LogP contribution in [0.1, 0.15) is 19.8 Å². The maximum Gasteiger partial charge on any atom is 0.390 e. The third kappa shape index (κ3) is 6.39. The third-order valence-corrected chi connectivity index (χ3v) is 1.48. The minimum absolute atomic E-state index is 0.407. The summed E-state index contributed by atoms with van der Waals surface area (Å²) < 4.78 is 34.8. The second-order valence-corrected chi connectivity index (χ2v) is 2.67. The number of hydrogen-bond acceptors (Lipinski definition) is 2. The molecule has 3 N–H and O–H groups in total. The Labute approximate surface area is 74.5 Å². The van der Waals surface area contributed by atoms with Crippen LogP contribution in [-0.4, -0.2) is 24.7 Å². The first-order valence-corrected chi connectivity index (χ1v) is 3.97. The topological polar surface area (TPSA) is 55.1 Å². The van der Waals surface area contributed by atoms with Crippen molar-refractivity contribution in [3.05, 3.63) is 0 Å². The van der Waals surface area contributed by atoms with Gasteiger partial charge < -0.3 is 11.1 Å². The summed E-state index contributed by atoms with van der Waals surface area (Å²) in [6, 6.07) is -0.715. The Morgan fingerprint density at radius 1 is 1.54 bits per heavy atom. The fourth-order valence-electron chi connectivity index (χ4n) is 0.644. The molecule has 1 amide bonds. The normalized spacial score (nSPS) is 13.9. The van der Waals surface area contributed by atoms with Crippen molar-refractivity contribution < 1.29 is 18.0 Å². The van der Waals surface area contributed by atoms with Gasteiger partial charge in [-0.1, -0.05) is 6.92 Å². The Morgan fingerprint density at radius 3 is 2.46 bits per heavy atom. The molecule has 0 aliphatic rings. The van der Waals surface area contributed by atoms with Crippen molar-refractivity contribution in [2.75, 3.05) is 6.54 Å². The fourth-order valence-corrected chi connectivity index (χ4v) is 0.644. The fraction of sp³-hybridized carbons (Fsp3) is 0.857. The highest BCUT2D eigenvalue weighted by Crippen LogP contribution is 2.18. The minimum Gasteiger partial charge on any atom is -0.354 e. The lowest BCUT2D eigenvalue weighted by Crippen LogP contribution is -2.41. The molecule has 0 rings (SSSR count). The van der Waals surface area contributed by atoms with E-state index in [1.807, 2.05) is 0 Å². The highest BCUT2D eigenvalue weighted by Gasteiger charge is 2.26. The predicted molar refractivity (Wildman–Crippen MR) is 41.9 cm³/mol. The summed E-state index contributed by atoms with van der Waals surface area (Å²) in [7, 11) is 0. The van der Waals surface area contributed by atoms with Crippen LogP contribution in [0.25, 0.3) is 0 Å². The monoisotopic (exact) mass is 198 g/mol. The van der Waals surface area contributed by atoms with Gasteiger partial charge in [-0.25, -0.2) is 0 Å². The first-order chi connectivity index (χ1) is 5.87. The van der Waals surface area contributed by atoms with E-state index in [1.165, 1.54) is 0 Å². The molecular weight excluding hydrogens is 185 g/mol. The molecule has 0 radical (unpaired) electrons. The molecule has 3 nitrogen and oxygen atoms in total. The Hall–Kier alpha value is -0.780. The molecule has 0 saturated carbocycles. The lowest BCUT2D eigenvalue weighted by Gasteiger charge is -2.10. The van der Waals surface area contributed by atoms with Crippen molar-refractivity contribution in [1.29, 1.82) is 0 Å². The molecule has 78 valence electrons. The van der Waals surface area contributed by atoms with Gasteiger partial charge in [0.15, 0.2) is 0 Å². The zero-order valence-electron chi connectivity index (χ0n) is 7.32. The van der Waals surface area contributed by atoms with Crippen LogP contribution in [0.5, 0.6) is 0 Å². The van der Waals surface area contributed by atoms with Gasteiger partial charge in [0.05, 0.1) is 12.5 Å². The van der Waals surface area contributed by atoms with Gasteiger partial charge in [0, 0.05) is 6.54 Å². The van der Waals surface area contributed by atoms with E-state index in [-0.39, 0.29) is 0 Å². The maximum absolute atomic E-state index is 11.6. The summed E-state index contributed by atoms with van der Waals surface area (Å²) in [5, 5.41) is 2.11. The van der Waals surface area contributed by atoms with Gasteiger partial charge in [0.25, 0.3) is 0 Å². The summed E-state index contributed by atoms with van der Waals surface area (Å²) in [4.78, 5) is 10.9. The van der Waals surface area contributed by atoms with Crippen molar-refractivity contribution in [3.63, 3.8) is 0 Å². The van der Waals surface area contributed by atoms with Crippen LogP contribution in [0, 0.1) is 0 Å². The minimum atomic E-state index is -4.23. The summed E-state index contributed by atoms with van der Waals surface area (Å²) in [5.74, 6) is -0.535. The van der Waals surface area contributed by atoms with Crippen molar-refractivity contribution in [2.24, 2.45) is 5.73 Å². The molecule has 0 fully saturated rings. The molecular formula is C7H13F3N2O. The first kappa shape index (κ1) is 12.2. The third-order valence-electron chi connectivity index (χ3n) is 1.48. The lowest BCUT2D eigenvalue weighted by atomic mass is 10.2. The molecule has 1 atom stereocenters. The highest BCUT2D eigenvalue weighted by atomic mass is 19.4. The van der Waals surface area contributed by atoms with Gasteiger partial charge >= 0.3 is 6.18 Å². The smallest absolute Gasteiger partial charge is 0.354 e. The van der Waals surface area contributed by atoms with Crippen LogP contribution in [0.15, 0.2) is 0 Å². The van der Waals surface area contributed by atoms with E-state index in [9.17, 15) is 18.0 Å². The van der Waals surface area contributed by atoms with E-state index in [2.05, 4.69) is 5.32 Å². The molecule has 0 saturated heterocycles. The van der Waals surface area contributed by atoms with E-state index >= 15 is 0 Å². The van der Waals surface area contributed by atoms with Gasteiger partial charge in [0.2, 0.25) is 5.91 Å². The molecule has 0 aromatic carbocycles. The zero-order valence-corrected chi connectivity index (χ0v) is 7.32. The molecule has 0 heterocycles. The van der Waals surface area contributed by atoms with Gasteiger partial charge in [-0.2, -0.15) is 13.2 Å². The zero-order chi connectivity index (χ0) is 10.5. The van der Waals surface area contributed by atoms with E-state index in [4.69, 9.17) is 5.73 Å². The summed E-state index contributed by atoms with van der Waals surface area (Å²) >= 11 is 0. The van der Waals surface area contributed by atoms with E-state index in [0.29, 0.717) is 6.42 Å². The number of carbonyl (C=O) groups is 1. The Bertz CT molecular complexity index is 170. The number of carbonyl (C=O) groups excluding carboxylic acids is 1. The molecule has 13 heavy (non-hydrogen) atoms. The van der Waals surface area contributed by atoms with Crippen molar-refractivity contribution in [3.8, 4) is 0 Å². The number of hydrogen-bond donors (Lipinski definition) is 2. The van der Waals surface area contributed by atoms with Crippen LogP contribution in [-0.2, 0) is 4.79 Å². The van der Waals surface area contributed by atoms with Gasteiger partial charge in [-0.3, -0.25) is 4.79 Å². The number of nitrogens with two attached hydrogens (primary N) is 1. The molecule has 0 aliphatic carbocycles. The van der Waals surface area contributed by atoms with Crippen molar-refractivity contribution in [2.45, 2.75) is 32.0 Å². The lowest BCUT2D eigenvalue weighted by molar-refractivity contribution is -0.135. The average molecular weight is 198 g/mol. The van der Waals surface area contributed by atoms with Crippen LogP contribution in [0.4, 0.5) is 13.2 Å². The van der Waals surface area contributed by atoms with E-state index in [1.54, 1.807) is 6.92 Å². The quantitative estimate of drug-likeness (QED) is 0.701. The van der Waals surface area contributed by atoms with Crippen LogP contribution in [0.3, 0.4) is 0 Å². The average Bonchev–Trinajstić information content (AvgIpc) is 2.00. The number of alkyl halides is 3. The van der Waals surface area contributed by atoms with E-state index < -0.39 is 31.1 Å². The summed E-state index contributed by atoms with van der Waals surface area (Å²) in [6.07, 6.45) is -4.84. The second kappa shape index (κ2) is 5.06. The summed E-state index contributed by atoms with van der Waals surface area (Å²) in [6.45, 7) is 1.28. The van der Waals surface area contributed by atoms with Gasteiger partial charge in [-0.15, -0.1) is 0 Å². The molecule has 0 aromatic rings. The number of nitrogens with one attached hydrogen (secondary N) is 1. The first-order valence-electron chi connectivity index (χ1n) is 3.97. The molecule has 0 aliphatic heterocycles. The Balaban J connectivity index is 3.60. The van der Waals surface area contributed by atoms with Crippen molar-refractivity contribution in [1.82, 2.24) is 5.32 Å². The standard InChI is InChI=1S/C7H13F3N2O/c1-2-5(11)6(13)12-4-3-7(8,9)10/h5H,2-4,11H2,1H3,(H,12,13)/t5-/m1/s1. The SMILES string of the molecule is CC[C@@H](N)C(=O)NCCC(F)(F)F. The van der Waals surface area contributed by atoms with E-state index in [0.717, 1.165) is 0 Å². The van der Waals surface area contributed by atoms with Gasteiger partial charge in [-0.05, 0) is 6.42 Å². The number of halogens is 3. The second-order valence-electron chi connectivity index (χ2n) is 2.67. The predicted octanol–water partition coefficient (Wildman–Crippen LogP) is 0.792. The molecule has 0 unspecified atom stereocenters. The van der Waals surface area contributed by atoms with Crippen LogP contribution < -0.4 is 11.1 Å². The number of rotatable bonds is 4. The largest absolute Gasteiger partial charge is 0.390 e. The van der Waals surface area contributed by atoms with Gasteiger partial charge in [0.1, 0.15) is 0 Å². The molecule has 0 aromatic heterocycles. The molecule has 0 spiro atoms. The highest BCUT2D eigenvalue weighted by molar-refractivity contribution is 5.81.